The number of benzene rings is 1. The van der Waals surface area contributed by atoms with E-state index in [4.69, 9.17) is 0 Å². The Labute approximate surface area is 162 Å². The molecule has 0 atom stereocenters. The van der Waals surface area contributed by atoms with Crippen LogP contribution in [0.25, 0.3) is 0 Å². The van der Waals surface area contributed by atoms with Crippen molar-refractivity contribution in [1.82, 2.24) is 19.4 Å². The van der Waals surface area contributed by atoms with E-state index in [2.05, 4.69) is 10.4 Å². The number of nitrogens with zero attached hydrogens (tertiary/aromatic N) is 3. The highest BCUT2D eigenvalue weighted by Crippen LogP contribution is 2.22. The van der Waals surface area contributed by atoms with Crippen LogP contribution in [-0.4, -0.2) is 41.5 Å². The number of hydrogen-bond acceptors (Lipinski definition) is 4. The van der Waals surface area contributed by atoms with E-state index >= 15 is 0 Å². The molecular weight excluding hydrogens is 390 g/mol. The van der Waals surface area contributed by atoms with Crippen LogP contribution in [0.2, 0.25) is 0 Å². The number of carbonyl (C=O) groups excluding carboxylic acids is 1. The molecule has 1 amide bonds. The second-order valence-electron chi connectivity index (χ2n) is 6.63. The Morgan fingerprint density at radius 1 is 1.14 bits per heavy atom. The Balaban J connectivity index is 1.84. The topological polar surface area (TPSA) is 84.3 Å². The van der Waals surface area contributed by atoms with Crippen molar-refractivity contribution in [3.63, 3.8) is 0 Å². The lowest BCUT2D eigenvalue weighted by atomic mass is 10.2. The number of sulfonamides is 1. The van der Waals surface area contributed by atoms with Crippen molar-refractivity contribution in [3.8, 4) is 0 Å². The predicted octanol–water partition coefficient (Wildman–Crippen LogP) is 2.29. The van der Waals surface area contributed by atoms with Crippen LogP contribution in [0.5, 0.6) is 0 Å². The molecule has 0 saturated carbocycles. The van der Waals surface area contributed by atoms with Gasteiger partial charge in [-0.25, -0.2) is 17.2 Å². The first-order valence-electron chi connectivity index (χ1n) is 9.12. The third kappa shape index (κ3) is 4.39. The summed E-state index contributed by atoms with van der Waals surface area (Å²) in [5.74, 6) is -2.17. The lowest BCUT2D eigenvalue weighted by Crippen LogP contribution is -2.37. The van der Waals surface area contributed by atoms with Crippen molar-refractivity contribution >= 4 is 15.9 Å². The number of aromatic nitrogens is 2. The summed E-state index contributed by atoms with van der Waals surface area (Å²) in [4.78, 5) is 12.6. The number of aryl methyl sites for hydroxylation is 1. The van der Waals surface area contributed by atoms with Crippen molar-refractivity contribution in [2.24, 2.45) is 0 Å². The van der Waals surface area contributed by atoms with Crippen LogP contribution in [0.4, 0.5) is 8.78 Å². The summed E-state index contributed by atoms with van der Waals surface area (Å²) < 4.78 is 55.3. The summed E-state index contributed by atoms with van der Waals surface area (Å²) in [5, 5.41) is 6.31. The fourth-order valence-corrected chi connectivity index (χ4v) is 4.74. The predicted molar refractivity (Wildman–Crippen MR) is 98.0 cm³/mol. The smallest absolute Gasteiger partial charge is 0.263 e. The van der Waals surface area contributed by atoms with Gasteiger partial charge < -0.3 is 5.32 Å². The van der Waals surface area contributed by atoms with E-state index in [0.29, 0.717) is 19.6 Å². The van der Waals surface area contributed by atoms with Gasteiger partial charge in [-0.2, -0.15) is 9.40 Å². The van der Waals surface area contributed by atoms with Crippen LogP contribution in [0, 0.1) is 11.6 Å². The number of rotatable bonds is 6. The normalized spacial score (nSPS) is 15.5. The maximum atomic E-state index is 13.3. The van der Waals surface area contributed by atoms with Crippen LogP contribution in [0.15, 0.2) is 29.4 Å². The van der Waals surface area contributed by atoms with E-state index in [1.807, 2.05) is 0 Å². The third-order valence-corrected chi connectivity index (χ3v) is 6.41. The highest BCUT2D eigenvalue weighted by atomic mass is 32.2. The molecule has 1 aromatic heterocycles. The van der Waals surface area contributed by atoms with E-state index < -0.39 is 27.6 Å². The average Bonchev–Trinajstić information content (AvgIpc) is 3.11. The van der Waals surface area contributed by atoms with Crippen LogP contribution in [0.3, 0.4) is 0 Å². The zero-order chi connectivity index (χ0) is 20.3. The quantitative estimate of drug-likeness (QED) is 0.789. The maximum absolute atomic E-state index is 13.3. The molecule has 10 heteroatoms. The van der Waals surface area contributed by atoms with Crippen molar-refractivity contribution in [3.05, 3.63) is 47.2 Å². The number of nitrogens with one attached hydrogen (secondary N) is 1. The summed E-state index contributed by atoms with van der Waals surface area (Å²) in [5.41, 5.74) is 0.151. The zero-order valence-electron chi connectivity index (χ0n) is 15.5. The average molecular weight is 412 g/mol. The van der Waals surface area contributed by atoms with E-state index in [0.717, 1.165) is 37.5 Å². The minimum absolute atomic E-state index is 0.0794. The monoisotopic (exact) mass is 412 g/mol. The summed E-state index contributed by atoms with van der Waals surface area (Å²) in [6.07, 6.45) is 3.87. The summed E-state index contributed by atoms with van der Waals surface area (Å²) >= 11 is 0. The molecular formula is C18H22F2N4O3S. The fraction of sp³-hybridized carbons (Fsp3) is 0.444. The molecule has 152 valence electrons. The SMILES string of the molecule is CCn1cc(C(=O)NCc2cc(F)cc(F)c2)c(S(=O)(=O)N2CCCCC2)n1. The van der Waals surface area contributed by atoms with Gasteiger partial charge in [0.15, 0.2) is 0 Å². The van der Waals surface area contributed by atoms with E-state index in [1.165, 1.54) is 15.2 Å². The van der Waals surface area contributed by atoms with Gasteiger partial charge in [0.25, 0.3) is 15.9 Å². The van der Waals surface area contributed by atoms with Gasteiger partial charge in [0.05, 0.1) is 5.56 Å². The van der Waals surface area contributed by atoms with Crippen molar-refractivity contribution in [2.45, 2.75) is 44.3 Å². The highest BCUT2D eigenvalue weighted by Gasteiger charge is 2.33. The third-order valence-electron chi connectivity index (χ3n) is 4.57. The van der Waals surface area contributed by atoms with Gasteiger partial charge in [-0.15, -0.1) is 0 Å². The minimum atomic E-state index is -3.90. The summed E-state index contributed by atoms with van der Waals surface area (Å²) in [6.45, 7) is 2.82. The molecule has 1 N–H and O–H groups in total. The maximum Gasteiger partial charge on any atom is 0.263 e. The van der Waals surface area contributed by atoms with Crippen LogP contribution >= 0.6 is 0 Å². The molecule has 0 aliphatic carbocycles. The Kier molecular flexibility index (Phi) is 6.09. The van der Waals surface area contributed by atoms with Crippen LogP contribution in [-0.2, 0) is 23.1 Å². The molecule has 0 radical (unpaired) electrons. The Bertz CT molecular complexity index is 949. The van der Waals surface area contributed by atoms with Gasteiger partial charge in [0, 0.05) is 38.4 Å². The van der Waals surface area contributed by atoms with Gasteiger partial charge >= 0.3 is 0 Å². The first kappa shape index (κ1) is 20.4. The molecule has 2 heterocycles. The van der Waals surface area contributed by atoms with Gasteiger partial charge in [-0.1, -0.05) is 6.42 Å². The number of hydrogen-bond donors (Lipinski definition) is 1. The van der Waals surface area contributed by atoms with Crippen molar-refractivity contribution in [1.29, 1.82) is 0 Å². The first-order valence-corrected chi connectivity index (χ1v) is 10.6. The molecule has 28 heavy (non-hydrogen) atoms. The molecule has 3 rings (SSSR count). The molecule has 1 aliphatic rings. The lowest BCUT2D eigenvalue weighted by Gasteiger charge is -2.25. The zero-order valence-corrected chi connectivity index (χ0v) is 16.3. The molecule has 0 bridgehead atoms. The first-order chi connectivity index (χ1) is 13.3. The summed E-state index contributed by atoms with van der Waals surface area (Å²) in [6, 6.07) is 2.94. The van der Waals surface area contributed by atoms with E-state index in [1.54, 1.807) is 6.92 Å². The standard InChI is InChI=1S/C18H22F2N4O3S/c1-2-23-12-16(17(25)21-11-13-8-14(19)10-15(20)9-13)18(22-23)28(26,27)24-6-4-3-5-7-24/h8-10,12H,2-7,11H2,1H3,(H,21,25). The Hall–Kier alpha value is -2.33. The van der Waals surface area contributed by atoms with Gasteiger partial charge in [-0.05, 0) is 37.5 Å². The Morgan fingerprint density at radius 2 is 1.79 bits per heavy atom. The second-order valence-corrected chi connectivity index (χ2v) is 8.48. The van der Waals surface area contributed by atoms with Crippen LogP contribution in [0.1, 0.15) is 42.1 Å². The minimum Gasteiger partial charge on any atom is -0.348 e. The Morgan fingerprint density at radius 3 is 2.39 bits per heavy atom. The highest BCUT2D eigenvalue weighted by molar-refractivity contribution is 7.89. The number of carbonyl (C=O) groups is 1. The van der Waals surface area contributed by atoms with Crippen molar-refractivity contribution < 1.29 is 22.0 Å². The lowest BCUT2D eigenvalue weighted by molar-refractivity contribution is 0.0947. The molecule has 1 aliphatic heterocycles. The van der Waals surface area contributed by atoms with E-state index in [9.17, 15) is 22.0 Å². The molecule has 0 spiro atoms. The van der Waals surface area contributed by atoms with Crippen LogP contribution < -0.4 is 5.32 Å². The summed E-state index contributed by atoms with van der Waals surface area (Å²) in [7, 11) is -3.90. The largest absolute Gasteiger partial charge is 0.348 e. The van der Waals surface area contributed by atoms with Gasteiger partial charge in [-0.3, -0.25) is 9.48 Å². The number of amides is 1. The van der Waals surface area contributed by atoms with Gasteiger partial charge in [0.2, 0.25) is 5.03 Å². The molecule has 0 unspecified atom stereocenters. The molecule has 2 aromatic rings. The molecule has 1 saturated heterocycles. The fourth-order valence-electron chi connectivity index (χ4n) is 3.13. The molecule has 1 aromatic carbocycles. The van der Waals surface area contributed by atoms with Crippen molar-refractivity contribution in [2.75, 3.05) is 13.1 Å². The molecule has 1 fully saturated rings. The number of halogens is 2. The molecule has 7 nitrogen and oxygen atoms in total. The number of piperidine rings is 1. The van der Waals surface area contributed by atoms with Gasteiger partial charge in [0.1, 0.15) is 11.6 Å². The second kappa shape index (κ2) is 8.36. The van der Waals surface area contributed by atoms with E-state index in [-0.39, 0.29) is 22.7 Å².